The lowest BCUT2D eigenvalue weighted by Gasteiger charge is -2.37. The van der Waals surface area contributed by atoms with Crippen LogP contribution in [0, 0.1) is 0 Å². The number of ether oxygens (including phenoxy) is 2. The standard InChI is InChI=1S/C26H40N4O4S.H2S/c1-5-20(13-16-35(31,32)8-4)21-9-10-25(30(6-2)23-11-14-33-15-12-23)24(17-21)29-22-18-27-26(28-19-22)34-7-3;/h9-10,17-20,23,29H,5-8,11-16H2,1-4H3;1H2/t20-;/m1./s1. The topological polar surface area (TPSA) is 93.6 Å². The van der Waals surface area contributed by atoms with Crippen LogP contribution in [0.25, 0.3) is 0 Å². The number of sulfone groups is 1. The Hall–Kier alpha value is -2.04. The third-order valence-electron chi connectivity index (χ3n) is 6.66. The van der Waals surface area contributed by atoms with E-state index in [-0.39, 0.29) is 30.9 Å². The first-order valence-corrected chi connectivity index (χ1v) is 14.6. The Bertz CT molecular complexity index is 1030. The van der Waals surface area contributed by atoms with Crippen molar-refractivity contribution in [3.63, 3.8) is 0 Å². The van der Waals surface area contributed by atoms with Gasteiger partial charge in [-0.15, -0.1) is 0 Å². The SMILES string of the molecule is CCOc1ncc(Nc2cc([C@H](CC)CCS(=O)(=O)CC)ccc2N(CC)C2CCOCC2)cn1.S. The Balaban J connectivity index is 0.00000456. The molecule has 2 heterocycles. The molecule has 10 heteroatoms. The number of nitrogens with one attached hydrogen (secondary N) is 1. The Morgan fingerprint density at radius 3 is 2.42 bits per heavy atom. The van der Waals surface area contributed by atoms with E-state index in [4.69, 9.17) is 9.47 Å². The third-order valence-corrected chi connectivity index (χ3v) is 8.40. The van der Waals surface area contributed by atoms with E-state index in [9.17, 15) is 8.42 Å². The van der Waals surface area contributed by atoms with Crippen molar-refractivity contribution in [1.29, 1.82) is 0 Å². The number of benzene rings is 1. The molecule has 1 N–H and O–H groups in total. The second kappa shape index (κ2) is 14.6. The summed E-state index contributed by atoms with van der Waals surface area (Å²) in [4.78, 5) is 11.0. The lowest BCUT2D eigenvalue weighted by molar-refractivity contribution is 0.0846. The molecular weight excluding hydrogens is 496 g/mol. The molecule has 2 aromatic rings. The highest BCUT2D eigenvalue weighted by atomic mass is 32.2. The van der Waals surface area contributed by atoms with Crippen LogP contribution in [0.4, 0.5) is 17.1 Å². The van der Waals surface area contributed by atoms with E-state index in [0.717, 1.165) is 61.6 Å². The molecule has 1 fully saturated rings. The minimum absolute atomic E-state index is 0. The number of nitrogens with zero attached hydrogens (tertiary/aromatic N) is 3. The Morgan fingerprint density at radius 1 is 1.14 bits per heavy atom. The summed E-state index contributed by atoms with van der Waals surface area (Å²) in [7, 11) is -3.00. The summed E-state index contributed by atoms with van der Waals surface area (Å²) < 4.78 is 35.2. The molecule has 0 spiro atoms. The van der Waals surface area contributed by atoms with Crippen molar-refractivity contribution in [1.82, 2.24) is 9.97 Å². The zero-order chi connectivity index (χ0) is 25.3. The summed E-state index contributed by atoms with van der Waals surface area (Å²) in [6.07, 6.45) is 6.94. The third kappa shape index (κ3) is 8.24. The van der Waals surface area contributed by atoms with Gasteiger partial charge < -0.3 is 19.7 Å². The molecule has 1 atom stereocenters. The molecule has 0 radical (unpaired) electrons. The maximum atomic E-state index is 12.1. The van der Waals surface area contributed by atoms with Crippen LogP contribution in [0.2, 0.25) is 0 Å². The van der Waals surface area contributed by atoms with Gasteiger partial charge in [0, 0.05) is 31.6 Å². The van der Waals surface area contributed by atoms with Crippen molar-refractivity contribution in [3.8, 4) is 6.01 Å². The highest BCUT2D eigenvalue weighted by molar-refractivity contribution is 7.91. The fourth-order valence-electron chi connectivity index (χ4n) is 4.59. The minimum Gasteiger partial charge on any atom is -0.464 e. The molecule has 1 aliphatic heterocycles. The second-order valence-corrected chi connectivity index (χ2v) is 11.3. The zero-order valence-electron chi connectivity index (χ0n) is 22.0. The van der Waals surface area contributed by atoms with Crippen LogP contribution in [-0.2, 0) is 14.6 Å². The van der Waals surface area contributed by atoms with Crippen LogP contribution in [-0.4, -0.2) is 62.3 Å². The molecule has 1 aromatic carbocycles. The molecule has 0 saturated carbocycles. The monoisotopic (exact) mass is 538 g/mol. The van der Waals surface area contributed by atoms with Crippen molar-refractivity contribution in [2.45, 2.75) is 65.3 Å². The fraction of sp³-hybridized carbons (Fsp3) is 0.615. The van der Waals surface area contributed by atoms with Crippen molar-refractivity contribution in [2.24, 2.45) is 0 Å². The van der Waals surface area contributed by atoms with Crippen LogP contribution in [0.5, 0.6) is 6.01 Å². The summed E-state index contributed by atoms with van der Waals surface area (Å²) in [5.74, 6) is 0.562. The predicted molar refractivity (Wildman–Crippen MR) is 152 cm³/mol. The van der Waals surface area contributed by atoms with Gasteiger partial charge in [0.2, 0.25) is 0 Å². The minimum atomic E-state index is -3.00. The van der Waals surface area contributed by atoms with E-state index in [1.165, 1.54) is 0 Å². The van der Waals surface area contributed by atoms with Gasteiger partial charge in [0.1, 0.15) is 9.84 Å². The molecule has 0 unspecified atom stereocenters. The Labute approximate surface area is 223 Å². The number of aromatic nitrogens is 2. The molecule has 1 aromatic heterocycles. The van der Waals surface area contributed by atoms with E-state index >= 15 is 0 Å². The van der Waals surface area contributed by atoms with Gasteiger partial charge >= 0.3 is 6.01 Å². The maximum absolute atomic E-state index is 12.1. The second-order valence-electron chi connectivity index (χ2n) is 8.85. The molecule has 36 heavy (non-hydrogen) atoms. The number of hydrogen-bond acceptors (Lipinski definition) is 8. The normalized spacial score (nSPS) is 15.1. The quantitative estimate of drug-likeness (QED) is 0.378. The van der Waals surface area contributed by atoms with Gasteiger partial charge in [-0.3, -0.25) is 0 Å². The average Bonchev–Trinajstić information content (AvgIpc) is 2.88. The van der Waals surface area contributed by atoms with E-state index in [2.05, 4.69) is 52.2 Å². The van der Waals surface area contributed by atoms with Gasteiger partial charge in [-0.2, -0.15) is 13.5 Å². The number of rotatable bonds is 13. The van der Waals surface area contributed by atoms with Crippen molar-refractivity contribution >= 4 is 40.4 Å². The summed E-state index contributed by atoms with van der Waals surface area (Å²) in [5.41, 5.74) is 4.00. The molecule has 1 aliphatic rings. The fourth-order valence-corrected chi connectivity index (χ4v) is 5.53. The predicted octanol–water partition coefficient (Wildman–Crippen LogP) is 5.06. The first-order chi connectivity index (χ1) is 16.9. The zero-order valence-corrected chi connectivity index (χ0v) is 23.8. The molecule has 0 bridgehead atoms. The van der Waals surface area contributed by atoms with Crippen LogP contribution in [0.15, 0.2) is 30.6 Å². The van der Waals surface area contributed by atoms with Gasteiger partial charge in [-0.05, 0) is 63.1 Å². The highest BCUT2D eigenvalue weighted by Crippen LogP contribution is 2.36. The summed E-state index contributed by atoms with van der Waals surface area (Å²) in [5, 5.41) is 3.53. The van der Waals surface area contributed by atoms with E-state index in [0.29, 0.717) is 25.1 Å². The van der Waals surface area contributed by atoms with E-state index in [1.807, 2.05) is 6.92 Å². The van der Waals surface area contributed by atoms with Gasteiger partial charge in [0.15, 0.2) is 0 Å². The molecule has 0 amide bonds. The van der Waals surface area contributed by atoms with Crippen LogP contribution in [0.3, 0.4) is 0 Å². The lowest BCUT2D eigenvalue weighted by atomic mass is 9.92. The highest BCUT2D eigenvalue weighted by Gasteiger charge is 2.24. The lowest BCUT2D eigenvalue weighted by Crippen LogP contribution is -2.39. The van der Waals surface area contributed by atoms with Gasteiger partial charge in [0.25, 0.3) is 0 Å². The number of anilines is 3. The van der Waals surface area contributed by atoms with Gasteiger partial charge in [-0.1, -0.05) is 19.9 Å². The Kier molecular flexibility index (Phi) is 12.3. The summed E-state index contributed by atoms with van der Waals surface area (Å²) >= 11 is 0. The van der Waals surface area contributed by atoms with E-state index < -0.39 is 9.84 Å². The maximum Gasteiger partial charge on any atom is 0.316 e. The van der Waals surface area contributed by atoms with Crippen molar-refractivity contribution in [3.05, 3.63) is 36.2 Å². The smallest absolute Gasteiger partial charge is 0.316 e. The van der Waals surface area contributed by atoms with Crippen LogP contribution >= 0.6 is 13.5 Å². The molecule has 0 aliphatic carbocycles. The molecule has 3 rings (SSSR count). The summed E-state index contributed by atoms with van der Waals surface area (Å²) in [6, 6.07) is 7.26. The molecule has 202 valence electrons. The molecule has 1 saturated heterocycles. The number of hydrogen-bond donors (Lipinski definition) is 1. The van der Waals surface area contributed by atoms with E-state index in [1.54, 1.807) is 19.3 Å². The van der Waals surface area contributed by atoms with Crippen molar-refractivity contribution in [2.75, 3.05) is 48.1 Å². The first-order valence-electron chi connectivity index (χ1n) is 12.8. The first kappa shape index (κ1) is 30.2. The summed E-state index contributed by atoms with van der Waals surface area (Å²) in [6.45, 7) is 10.9. The average molecular weight is 539 g/mol. The largest absolute Gasteiger partial charge is 0.464 e. The van der Waals surface area contributed by atoms with Gasteiger partial charge in [-0.25, -0.2) is 18.4 Å². The molecular formula is C26H42N4O4S2. The van der Waals surface area contributed by atoms with Gasteiger partial charge in [0.05, 0.1) is 41.8 Å². The van der Waals surface area contributed by atoms with Crippen LogP contribution < -0.4 is 15.0 Å². The molecule has 8 nitrogen and oxygen atoms in total. The Morgan fingerprint density at radius 2 is 1.83 bits per heavy atom. The van der Waals surface area contributed by atoms with Crippen LogP contribution in [0.1, 0.15) is 64.9 Å². The van der Waals surface area contributed by atoms with Crippen molar-refractivity contribution < 1.29 is 17.9 Å².